The third-order valence-corrected chi connectivity index (χ3v) is 5.03. The normalized spacial score (nSPS) is 12.1. The van der Waals surface area contributed by atoms with Gasteiger partial charge < -0.3 is 8.98 Å². The Bertz CT molecular complexity index is 1010. The number of nitrogens with zero attached hydrogens (tertiary/aromatic N) is 3. The Morgan fingerprint density at radius 1 is 1.28 bits per heavy atom. The Hall–Kier alpha value is -2.00. The fourth-order valence-electron chi connectivity index (χ4n) is 2.30. The van der Waals surface area contributed by atoms with Gasteiger partial charge in [0.15, 0.2) is 5.16 Å². The first-order chi connectivity index (χ1) is 11.7. The van der Waals surface area contributed by atoms with Crippen LogP contribution in [0, 0.1) is 6.92 Å². The Labute approximate surface area is 148 Å². The summed E-state index contributed by atoms with van der Waals surface area (Å²) in [6, 6.07) is 4.61. The van der Waals surface area contributed by atoms with Gasteiger partial charge in [-0.15, -0.1) is 10.2 Å². The van der Waals surface area contributed by atoms with Crippen LogP contribution in [0.2, 0.25) is 5.02 Å². The van der Waals surface area contributed by atoms with E-state index in [1.54, 1.807) is 19.1 Å². The molecule has 0 bridgehead atoms. The number of halogens is 4. The second kappa shape index (κ2) is 6.38. The molecule has 0 saturated carbocycles. The van der Waals surface area contributed by atoms with Gasteiger partial charge in [0.05, 0.1) is 0 Å². The van der Waals surface area contributed by atoms with Crippen molar-refractivity contribution in [2.24, 2.45) is 7.05 Å². The lowest BCUT2D eigenvalue weighted by Crippen LogP contribution is -2.13. The zero-order valence-electron chi connectivity index (χ0n) is 13.0. The highest BCUT2D eigenvalue weighted by Gasteiger charge is 2.37. The molecular weight excluding hydrogens is 379 g/mol. The molecule has 0 aliphatic rings. The zero-order chi connectivity index (χ0) is 18.4. The molecular formula is C15H11ClF3N3O2S. The topological polar surface area (TPSA) is 60.9 Å². The second-order valence-electron chi connectivity index (χ2n) is 5.34. The number of hydrogen-bond donors (Lipinski definition) is 0. The largest absolute Gasteiger partial charge is 0.451 e. The first-order valence-electron chi connectivity index (χ1n) is 6.99. The van der Waals surface area contributed by atoms with Crippen LogP contribution < -0.4 is 5.63 Å². The minimum atomic E-state index is -4.58. The van der Waals surface area contributed by atoms with E-state index in [0.717, 1.165) is 21.9 Å². The van der Waals surface area contributed by atoms with E-state index >= 15 is 0 Å². The van der Waals surface area contributed by atoms with E-state index in [1.165, 1.54) is 13.1 Å². The van der Waals surface area contributed by atoms with Gasteiger partial charge in [0, 0.05) is 29.3 Å². The molecule has 0 aliphatic carbocycles. The fourth-order valence-corrected chi connectivity index (χ4v) is 3.36. The standard InChI is InChI=1S/C15H11ClF3N3O2S/c1-7-3-11-9(5-10(7)16)8(4-12(23)24-11)6-25-14-21-20-13(22(14)2)15(17,18)19/h3-5H,6H2,1-2H3. The third kappa shape index (κ3) is 3.52. The first kappa shape index (κ1) is 17.8. The van der Waals surface area contributed by atoms with E-state index in [0.29, 0.717) is 21.6 Å². The van der Waals surface area contributed by atoms with Gasteiger partial charge in [0.1, 0.15) is 5.58 Å². The lowest BCUT2D eigenvalue weighted by atomic mass is 10.1. The van der Waals surface area contributed by atoms with Crippen molar-refractivity contribution in [2.75, 3.05) is 0 Å². The van der Waals surface area contributed by atoms with Crippen LogP contribution in [0.4, 0.5) is 13.2 Å². The lowest BCUT2D eigenvalue weighted by Gasteiger charge is -2.08. The number of benzene rings is 1. The lowest BCUT2D eigenvalue weighted by molar-refractivity contribution is -0.147. The second-order valence-corrected chi connectivity index (χ2v) is 6.69. The highest BCUT2D eigenvalue weighted by Crippen LogP contribution is 2.32. The summed E-state index contributed by atoms with van der Waals surface area (Å²) >= 11 is 7.15. The maximum absolute atomic E-state index is 12.8. The van der Waals surface area contributed by atoms with Crippen LogP contribution in [0.3, 0.4) is 0 Å². The van der Waals surface area contributed by atoms with Crippen molar-refractivity contribution < 1.29 is 17.6 Å². The summed E-state index contributed by atoms with van der Waals surface area (Å²) in [7, 11) is 1.24. The van der Waals surface area contributed by atoms with Crippen LogP contribution in [0.25, 0.3) is 11.0 Å². The van der Waals surface area contributed by atoms with Crippen molar-refractivity contribution in [3.05, 3.63) is 50.6 Å². The van der Waals surface area contributed by atoms with Crippen molar-refractivity contribution in [1.82, 2.24) is 14.8 Å². The minimum absolute atomic E-state index is 0.0897. The molecule has 0 radical (unpaired) electrons. The first-order valence-corrected chi connectivity index (χ1v) is 8.35. The van der Waals surface area contributed by atoms with Gasteiger partial charge in [-0.3, -0.25) is 0 Å². The summed E-state index contributed by atoms with van der Waals surface area (Å²) in [5, 5.41) is 7.95. The zero-order valence-corrected chi connectivity index (χ0v) is 14.6. The molecule has 0 N–H and O–H groups in total. The third-order valence-electron chi connectivity index (χ3n) is 3.55. The average molecular weight is 390 g/mol. The van der Waals surface area contributed by atoms with Crippen molar-refractivity contribution in [2.45, 2.75) is 24.0 Å². The highest BCUT2D eigenvalue weighted by molar-refractivity contribution is 7.98. The molecule has 0 atom stereocenters. The van der Waals surface area contributed by atoms with E-state index in [4.69, 9.17) is 16.0 Å². The monoisotopic (exact) mass is 389 g/mol. The molecule has 3 rings (SSSR count). The van der Waals surface area contributed by atoms with Crippen LogP contribution in [0.15, 0.2) is 32.6 Å². The summed E-state index contributed by atoms with van der Waals surface area (Å²) in [5.41, 5.74) is 1.18. The number of aryl methyl sites for hydroxylation is 1. The smallest absolute Gasteiger partial charge is 0.423 e. The summed E-state index contributed by atoms with van der Waals surface area (Å²) < 4.78 is 44.3. The maximum Gasteiger partial charge on any atom is 0.451 e. The summed E-state index contributed by atoms with van der Waals surface area (Å²) in [4.78, 5) is 11.7. The highest BCUT2D eigenvalue weighted by atomic mass is 35.5. The number of alkyl halides is 3. The van der Waals surface area contributed by atoms with Gasteiger partial charge in [-0.25, -0.2) is 4.79 Å². The average Bonchev–Trinajstić information content (AvgIpc) is 2.87. The molecule has 3 aromatic rings. The van der Waals surface area contributed by atoms with Crippen molar-refractivity contribution in [3.8, 4) is 0 Å². The predicted octanol–water partition coefficient (Wildman–Crippen LogP) is 4.19. The fraction of sp³-hybridized carbons (Fsp3) is 0.267. The van der Waals surface area contributed by atoms with Gasteiger partial charge in [-0.05, 0) is 30.2 Å². The minimum Gasteiger partial charge on any atom is -0.423 e. The molecule has 5 nitrogen and oxygen atoms in total. The summed E-state index contributed by atoms with van der Waals surface area (Å²) in [5.74, 6) is -0.864. The van der Waals surface area contributed by atoms with E-state index in [9.17, 15) is 18.0 Å². The predicted molar refractivity (Wildman–Crippen MR) is 87.8 cm³/mol. The molecule has 0 fully saturated rings. The Balaban J connectivity index is 1.95. The SMILES string of the molecule is Cc1cc2oc(=O)cc(CSc3nnc(C(F)(F)F)n3C)c2cc1Cl. The van der Waals surface area contributed by atoms with Gasteiger partial charge in [0.2, 0.25) is 5.82 Å². The van der Waals surface area contributed by atoms with E-state index in [1.807, 2.05) is 0 Å². The van der Waals surface area contributed by atoms with E-state index < -0.39 is 17.6 Å². The number of hydrogen-bond acceptors (Lipinski definition) is 5. The van der Waals surface area contributed by atoms with Gasteiger partial charge in [-0.1, -0.05) is 23.4 Å². The molecule has 25 heavy (non-hydrogen) atoms. The van der Waals surface area contributed by atoms with Crippen LogP contribution >= 0.6 is 23.4 Å². The van der Waals surface area contributed by atoms with Crippen LogP contribution in [-0.4, -0.2) is 14.8 Å². The number of rotatable bonds is 3. The quantitative estimate of drug-likeness (QED) is 0.496. The number of aromatic nitrogens is 3. The maximum atomic E-state index is 12.8. The molecule has 0 amide bonds. The van der Waals surface area contributed by atoms with Crippen LogP contribution in [0.5, 0.6) is 0 Å². The Kier molecular flexibility index (Phi) is 4.54. The molecule has 10 heteroatoms. The van der Waals surface area contributed by atoms with Crippen LogP contribution in [-0.2, 0) is 19.0 Å². The molecule has 2 heterocycles. The summed E-state index contributed by atoms with van der Waals surface area (Å²) in [6.07, 6.45) is -4.58. The summed E-state index contributed by atoms with van der Waals surface area (Å²) in [6.45, 7) is 1.78. The van der Waals surface area contributed by atoms with Gasteiger partial charge in [0.25, 0.3) is 0 Å². The van der Waals surface area contributed by atoms with E-state index in [-0.39, 0.29) is 10.9 Å². The molecule has 1 aromatic carbocycles. The molecule has 0 spiro atoms. The molecule has 0 unspecified atom stereocenters. The van der Waals surface area contributed by atoms with Gasteiger partial charge >= 0.3 is 11.8 Å². The molecule has 2 aromatic heterocycles. The van der Waals surface area contributed by atoms with Gasteiger partial charge in [-0.2, -0.15) is 13.2 Å². The number of fused-ring (bicyclic) bond motifs is 1. The Morgan fingerprint density at radius 2 is 2.00 bits per heavy atom. The number of thioether (sulfide) groups is 1. The molecule has 0 aliphatic heterocycles. The Morgan fingerprint density at radius 3 is 2.64 bits per heavy atom. The van der Waals surface area contributed by atoms with Crippen LogP contribution in [0.1, 0.15) is 17.0 Å². The van der Waals surface area contributed by atoms with Crippen molar-refractivity contribution in [1.29, 1.82) is 0 Å². The molecule has 132 valence electrons. The van der Waals surface area contributed by atoms with Crippen molar-refractivity contribution >= 4 is 34.3 Å². The van der Waals surface area contributed by atoms with E-state index in [2.05, 4.69) is 10.2 Å². The molecule has 0 saturated heterocycles. The van der Waals surface area contributed by atoms with Crippen molar-refractivity contribution in [3.63, 3.8) is 0 Å².